The molecule has 2 aromatic heterocycles. The minimum Gasteiger partial charge on any atom is -0.493 e. The van der Waals surface area contributed by atoms with Crippen LogP contribution in [0.1, 0.15) is 23.3 Å². The van der Waals surface area contributed by atoms with Crippen LogP contribution in [0.3, 0.4) is 0 Å². The minimum absolute atomic E-state index is 0.112. The number of pyridine rings is 1. The number of methoxy groups -OCH3 is 3. The van der Waals surface area contributed by atoms with Gasteiger partial charge in [-0.1, -0.05) is 0 Å². The zero-order valence-electron chi connectivity index (χ0n) is 25.1. The first kappa shape index (κ1) is 15.5. The normalized spacial score (nSPS) is 17.5. The topological polar surface area (TPSA) is 129 Å². The highest BCUT2D eigenvalue weighted by Gasteiger charge is 2.36. The molecule has 12 heteroatoms. The second kappa shape index (κ2) is 8.89. The Hall–Kier alpha value is -4.35. The van der Waals surface area contributed by atoms with Crippen LogP contribution in [0.2, 0.25) is 0 Å². The summed E-state index contributed by atoms with van der Waals surface area (Å²) < 4.78 is 89.8. The molecule has 0 saturated carbocycles. The van der Waals surface area contributed by atoms with Gasteiger partial charge in [0.1, 0.15) is 5.82 Å². The van der Waals surface area contributed by atoms with E-state index in [0.29, 0.717) is 22.9 Å². The number of rotatable bonds is 7. The van der Waals surface area contributed by atoms with Crippen molar-refractivity contribution < 1.29 is 37.7 Å². The van der Waals surface area contributed by atoms with Crippen LogP contribution in [-0.2, 0) is 4.79 Å². The predicted molar refractivity (Wildman–Crippen MR) is 122 cm³/mol. The van der Waals surface area contributed by atoms with E-state index in [1.807, 2.05) is 0 Å². The van der Waals surface area contributed by atoms with Crippen LogP contribution in [0, 0.1) is 5.82 Å². The maximum atomic E-state index is 14.8. The summed E-state index contributed by atoms with van der Waals surface area (Å²) in [5.74, 6) is -3.08. The molecule has 0 aliphatic carbocycles. The van der Waals surface area contributed by atoms with Crippen molar-refractivity contribution in [2.45, 2.75) is 19.3 Å². The van der Waals surface area contributed by atoms with Gasteiger partial charge in [-0.2, -0.15) is 4.98 Å². The van der Waals surface area contributed by atoms with E-state index in [-0.39, 0.29) is 23.3 Å². The lowest BCUT2D eigenvalue weighted by Crippen LogP contribution is -2.46. The Bertz CT molecular complexity index is 1470. The molecule has 0 fully saturated rings. The number of fused-ring (bicyclic) bond motifs is 1. The molecular formula is C22H23FN6O5. The molecule has 3 heterocycles. The number of hydrogen-bond donors (Lipinski definition) is 3. The number of carbonyl (C=O) groups is 1. The van der Waals surface area contributed by atoms with Crippen molar-refractivity contribution in [3.8, 4) is 23.0 Å². The van der Waals surface area contributed by atoms with Gasteiger partial charge in [-0.15, -0.1) is 0 Å². The summed E-state index contributed by atoms with van der Waals surface area (Å²) in [7, 11) is 4.28. The molecule has 34 heavy (non-hydrogen) atoms. The number of hydrogen-bond acceptors (Lipinski definition) is 10. The second-order valence-corrected chi connectivity index (χ2v) is 6.77. The van der Waals surface area contributed by atoms with Gasteiger partial charge in [0.15, 0.2) is 40.3 Å². The van der Waals surface area contributed by atoms with Gasteiger partial charge in [-0.25, -0.2) is 14.4 Å². The molecule has 178 valence electrons. The standard InChI is InChI=1S/C22H23FN6O5/c1-22(2)20(30)28-19-13(34-22)6-7-16(27-19)26-18-12(23)10-24-21(29-18)25-11-8-14(31-3)17(33-5)15(9-11)32-4/h6-10H,1-5H3,(H3,24,25,26,27,28,29,30)/i1D3,2D3,10D. The van der Waals surface area contributed by atoms with Gasteiger partial charge in [-0.3, -0.25) is 4.79 Å². The second-order valence-electron chi connectivity index (χ2n) is 6.77. The number of nitrogens with one attached hydrogen (secondary N) is 3. The molecule has 1 aromatic carbocycles. The van der Waals surface area contributed by atoms with Crippen molar-refractivity contribution in [2.75, 3.05) is 37.3 Å². The Morgan fingerprint density at radius 3 is 2.50 bits per heavy atom. The maximum absolute atomic E-state index is 14.8. The van der Waals surface area contributed by atoms with E-state index in [1.54, 1.807) is 0 Å². The summed E-state index contributed by atoms with van der Waals surface area (Å²) in [4.78, 5) is 24.6. The van der Waals surface area contributed by atoms with E-state index in [1.165, 1.54) is 39.5 Å². The first-order valence-electron chi connectivity index (χ1n) is 13.0. The van der Waals surface area contributed by atoms with Gasteiger partial charge >= 0.3 is 0 Å². The highest BCUT2D eigenvalue weighted by molar-refractivity contribution is 5.99. The van der Waals surface area contributed by atoms with Crippen molar-refractivity contribution in [1.82, 2.24) is 15.0 Å². The Balaban J connectivity index is 1.65. The molecule has 11 nitrogen and oxygen atoms in total. The fraction of sp³-hybridized carbons (Fsp3) is 0.273. The summed E-state index contributed by atoms with van der Waals surface area (Å²) in [5.41, 5.74) is -2.81. The zero-order valence-corrected chi connectivity index (χ0v) is 18.1. The molecular weight excluding hydrogens is 447 g/mol. The van der Waals surface area contributed by atoms with Crippen LogP contribution < -0.4 is 34.9 Å². The molecule has 1 aliphatic rings. The average molecular weight is 478 g/mol. The van der Waals surface area contributed by atoms with E-state index in [9.17, 15) is 9.18 Å². The van der Waals surface area contributed by atoms with E-state index >= 15 is 0 Å². The summed E-state index contributed by atoms with van der Waals surface area (Å²) in [5, 5.41) is 7.52. The largest absolute Gasteiger partial charge is 0.493 e. The van der Waals surface area contributed by atoms with Crippen LogP contribution in [0.25, 0.3) is 0 Å². The molecule has 1 amide bonds. The molecule has 0 atom stereocenters. The Morgan fingerprint density at radius 2 is 1.85 bits per heavy atom. The number of amides is 1. The molecule has 0 saturated heterocycles. The maximum Gasteiger partial charge on any atom is 0.269 e. The third-order valence-corrected chi connectivity index (χ3v) is 4.53. The Labute approximate surface area is 204 Å². The van der Waals surface area contributed by atoms with E-state index in [2.05, 4.69) is 30.9 Å². The van der Waals surface area contributed by atoms with Crippen molar-refractivity contribution in [1.29, 1.82) is 0 Å². The first-order valence-corrected chi connectivity index (χ1v) is 9.55. The van der Waals surface area contributed by atoms with E-state index in [4.69, 9.17) is 28.5 Å². The molecule has 0 radical (unpaired) electrons. The Kier molecular flexibility index (Phi) is 4.05. The quantitative estimate of drug-likeness (QED) is 0.464. The van der Waals surface area contributed by atoms with Crippen molar-refractivity contribution >= 4 is 35.0 Å². The average Bonchev–Trinajstić information content (AvgIpc) is 2.88. The van der Waals surface area contributed by atoms with Crippen molar-refractivity contribution in [3.63, 3.8) is 0 Å². The summed E-state index contributed by atoms with van der Waals surface area (Å²) in [6, 6.07) is 5.43. The summed E-state index contributed by atoms with van der Waals surface area (Å²) in [6.07, 6.45) is -0.771. The zero-order chi connectivity index (χ0) is 30.3. The number of ether oxygens (including phenoxy) is 4. The lowest BCUT2D eigenvalue weighted by molar-refractivity contribution is -0.129. The van der Waals surface area contributed by atoms with Crippen LogP contribution >= 0.6 is 0 Å². The molecule has 1 aliphatic heterocycles. The lowest BCUT2D eigenvalue weighted by atomic mass is 10.1. The Morgan fingerprint density at radius 1 is 1.12 bits per heavy atom. The first-order chi connectivity index (χ1) is 19.1. The molecule has 4 rings (SSSR count). The number of carbonyl (C=O) groups excluding carboxylic acids is 1. The summed E-state index contributed by atoms with van der Waals surface area (Å²) >= 11 is 0. The van der Waals surface area contributed by atoms with Crippen molar-refractivity contribution in [3.05, 3.63) is 36.3 Å². The number of aromatic nitrogens is 3. The molecule has 0 unspecified atom stereocenters. The van der Waals surface area contributed by atoms with E-state index < -0.39 is 43.0 Å². The van der Waals surface area contributed by atoms with Gasteiger partial charge < -0.3 is 34.9 Å². The van der Waals surface area contributed by atoms with Crippen LogP contribution in [0.15, 0.2) is 30.4 Å². The lowest BCUT2D eigenvalue weighted by Gasteiger charge is -2.30. The number of halogens is 1. The van der Waals surface area contributed by atoms with Crippen molar-refractivity contribution in [2.24, 2.45) is 0 Å². The fourth-order valence-electron chi connectivity index (χ4n) is 2.97. The van der Waals surface area contributed by atoms with Crippen LogP contribution in [-0.4, -0.2) is 47.8 Å². The molecule has 3 N–H and O–H groups in total. The molecule has 0 spiro atoms. The third kappa shape index (κ3) is 4.42. The smallest absolute Gasteiger partial charge is 0.269 e. The predicted octanol–water partition coefficient (Wildman–Crippen LogP) is 3.63. The molecule has 0 bridgehead atoms. The monoisotopic (exact) mass is 477 g/mol. The third-order valence-electron chi connectivity index (χ3n) is 4.53. The fourth-order valence-corrected chi connectivity index (χ4v) is 2.97. The van der Waals surface area contributed by atoms with Gasteiger partial charge in [-0.05, 0) is 25.8 Å². The van der Waals surface area contributed by atoms with Gasteiger partial charge in [0, 0.05) is 26.0 Å². The number of benzene rings is 1. The van der Waals surface area contributed by atoms with Gasteiger partial charge in [0.2, 0.25) is 11.7 Å². The number of nitrogens with zero attached hydrogens (tertiary/aromatic N) is 3. The minimum atomic E-state index is -3.35. The van der Waals surface area contributed by atoms with Crippen LogP contribution in [0.4, 0.5) is 33.5 Å². The highest BCUT2D eigenvalue weighted by Crippen LogP contribution is 2.40. The van der Waals surface area contributed by atoms with Gasteiger partial charge in [0.25, 0.3) is 5.91 Å². The van der Waals surface area contributed by atoms with E-state index in [0.717, 1.165) is 6.07 Å². The SMILES string of the molecule is [2H]c1nc(Nc2cc(OC)c(OC)c(OC)c2)nc(Nc2ccc3c(n2)NC(=O)C(C([2H])([2H])[2H])(C([2H])([2H])[2H])O3)c1F. The number of anilines is 5. The summed E-state index contributed by atoms with van der Waals surface area (Å²) in [6.45, 7) is -6.71. The van der Waals surface area contributed by atoms with Gasteiger partial charge in [0.05, 0.1) is 28.9 Å². The van der Waals surface area contributed by atoms with Crippen LogP contribution in [0.5, 0.6) is 23.0 Å². The highest BCUT2D eigenvalue weighted by atomic mass is 19.1. The molecule has 3 aromatic rings.